The normalized spacial score (nSPS) is 10.6. The Kier molecular flexibility index (Phi) is 2.03. The molecule has 0 bridgehead atoms. The zero-order valence-corrected chi connectivity index (χ0v) is 7.01. The Bertz CT molecular complexity index is 233. The van der Waals surface area contributed by atoms with Gasteiger partial charge in [0, 0.05) is 10.9 Å². The molecule has 0 aromatic carbocycles. The monoisotopic (exact) mass is 160 g/mol. The van der Waals surface area contributed by atoms with Gasteiger partial charge in [0.05, 0.1) is 0 Å². The summed E-state index contributed by atoms with van der Waals surface area (Å²) in [4.78, 5) is 11.8. The minimum atomic E-state index is 0.184. The summed E-state index contributed by atoms with van der Waals surface area (Å²) in [5.41, 5.74) is 0. The number of hydrogen-bond donors (Lipinski definition) is 0. The highest BCUT2D eigenvalue weighted by Gasteiger charge is 2.00. The van der Waals surface area contributed by atoms with E-state index in [1.54, 1.807) is 16.4 Å². The SMILES string of the molecule is CC(C)c1cc(=O)ss1. The highest BCUT2D eigenvalue weighted by Crippen LogP contribution is 2.19. The molecule has 0 amide bonds. The van der Waals surface area contributed by atoms with Crippen LogP contribution in [-0.4, -0.2) is 0 Å². The van der Waals surface area contributed by atoms with Gasteiger partial charge in [0.15, 0.2) is 0 Å². The topological polar surface area (TPSA) is 17.1 Å². The Hall–Kier alpha value is -0.150. The first-order chi connectivity index (χ1) is 4.20. The first-order valence-electron chi connectivity index (χ1n) is 2.80. The largest absolute Gasteiger partial charge is 0.277 e. The smallest absolute Gasteiger partial charge is 0.243 e. The van der Waals surface area contributed by atoms with Crippen LogP contribution in [0.15, 0.2) is 10.9 Å². The van der Waals surface area contributed by atoms with Crippen LogP contribution in [0.4, 0.5) is 0 Å². The van der Waals surface area contributed by atoms with Gasteiger partial charge in [0.1, 0.15) is 0 Å². The molecular formula is C6H8OS2. The molecule has 1 nitrogen and oxygen atoms in total. The average molecular weight is 160 g/mol. The zero-order chi connectivity index (χ0) is 6.85. The van der Waals surface area contributed by atoms with Gasteiger partial charge >= 0.3 is 0 Å². The van der Waals surface area contributed by atoms with Crippen LogP contribution in [0.3, 0.4) is 0 Å². The summed E-state index contributed by atoms with van der Waals surface area (Å²) in [6, 6.07) is 1.72. The summed E-state index contributed by atoms with van der Waals surface area (Å²) in [5.74, 6) is 0.508. The fourth-order valence-electron chi connectivity index (χ4n) is 0.516. The summed E-state index contributed by atoms with van der Waals surface area (Å²) in [5, 5.41) is 0. The van der Waals surface area contributed by atoms with Crippen molar-refractivity contribution in [3.05, 3.63) is 20.5 Å². The molecule has 0 spiro atoms. The van der Waals surface area contributed by atoms with Crippen LogP contribution in [0.2, 0.25) is 0 Å². The Balaban J connectivity index is 2.98. The maximum atomic E-state index is 10.6. The highest BCUT2D eigenvalue weighted by molar-refractivity contribution is 7.68. The van der Waals surface area contributed by atoms with Crippen LogP contribution in [-0.2, 0) is 0 Å². The molecule has 0 atom stereocenters. The van der Waals surface area contributed by atoms with Gasteiger partial charge in [0.25, 0.3) is 0 Å². The van der Waals surface area contributed by atoms with E-state index < -0.39 is 0 Å². The summed E-state index contributed by atoms with van der Waals surface area (Å²) >= 11 is 0. The number of rotatable bonds is 1. The molecule has 0 unspecified atom stereocenters. The summed E-state index contributed by atoms with van der Waals surface area (Å²) < 4.78 is 0.184. The molecule has 0 aliphatic rings. The highest BCUT2D eigenvalue weighted by atomic mass is 32.9. The fourth-order valence-corrected chi connectivity index (χ4v) is 2.69. The van der Waals surface area contributed by atoms with Crippen LogP contribution in [0.1, 0.15) is 24.6 Å². The van der Waals surface area contributed by atoms with Gasteiger partial charge < -0.3 is 0 Å². The van der Waals surface area contributed by atoms with Crippen LogP contribution in [0.5, 0.6) is 0 Å². The van der Waals surface area contributed by atoms with Crippen LogP contribution >= 0.6 is 20.7 Å². The third-order valence-corrected chi connectivity index (χ3v) is 3.52. The van der Waals surface area contributed by atoms with E-state index in [2.05, 4.69) is 13.8 Å². The van der Waals surface area contributed by atoms with Gasteiger partial charge in [0.2, 0.25) is 4.74 Å². The first kappa shape index (κ1) is 6.96. The molecule has 1 rings (SSSR count). The van der Waals surface area contributed by atoms with Crippen molar-refractivity contribution >= 4 is 20.7 Å². The van der Waals surface area contributed by atoms with Gasteiger partial charge in [-0.2, -0.15) is 0 Å². The first-order valence-corrected chi connectivity index (χ1v) is 4.95. The van der Waals surface area contributed by atoms with Crippen LogP contribution < -0.4 is 4.74 Å². The zero-order valence-electron chi connectivity index (χ0n) is 5.38. The van der Waals surface area contributed by atoms with Crippen molar-refractivity contribution in [1.82, 2.24) is 0 Å². The molecule has 0 N–H and O–H groups in total. The maximum absolute atomic E-state index is 10.6. The quantitative estimate of drug-likeness (QED) is 0.576. The second kappa shape index (κ2) is 2.62. The maximum Gasteiger partial charge on any atom is 0.243 e. The Labute approximate surface area is 61.4 Å². The Morgan fingerprint density at radius 2 is 2.11 bits per heavy atom. The van der Waals surface area contributed by atoms with Crippen LogP contribution in [0.25, 0.3) is 0 Å². The van der Waals surface area contributed by atoms with Crippen molar-refractivity contribution in [3.8, 4) is 0 Å². The molecule has 0 aliphatic heterocycles. The van der Waals surface area contributed by atoms with E-state index in [9.17, 15) is 4.79 Å². The van der Waals surface area contributed by atoms with Gasteiger partial charge in [-0.25, -0.2) is 0 Å². The lowest BCUT2D eigenvalue weighted by molar-refractivity contribution is 0.889. The van der Waals surface area contributed by atoms with E-state index in [1.807, 2.05) is 0 Å². The molecule has 50 valence electrons. The van der Waals surface area contributed by atoms with Crippen molar-refractivity contribution in [2.24, 2.45) is 0 Å². The summed E-state index contributed by atoms with van der Waals surface area (Å²) in [6.07, 6.45) is 0. The van der Waals surface area contributed by atoms with E-state index in [1.165, 1.54) is 15.2 Å². The second-order valence-corrected chi connectivity index (χ2v) is 4.39. The molecule has 0 saturated carbocycles. The number of hydrogen-bond acceptors (Lipinski definition) is 3. The molecule has 1 heterocycles. The third kappa shape index (κ3) is 1.63. The predicted molar refractivity (Wildman–Crippen MR) is 42.6 cm³/mol. The van der Waals surface area contributed by atoms with E-state index in [0.717, 1.165) is 0 Å². The van der Waals surface area contributed by atoms with Gasteiger partial charge in [-0.05, 0) is 16.3 Å². The lowest BCUT2D eigenvalue weighted by Crippen LogP contribution is -1.86. The molecule has 0 saturated heterocycles. The van der Waals surface area contributed by atoms with Crippen molar-refractivity contribution in [2.75, 3.05) is 0 Å². The van der Waals surface area contributed by atoms with Gasteiger partial charge in [-0.3, -0.25) is 4.79 Å². The lowest BCUT2D eigenvalue weighted by atomic mass is 10.2. The van der Waals surface area contributed by atoms with Crippen molar-refractivity contribution < 1.29 is 0 Å². The molecule has 1 aromatic rings. The Morgan fingerprint density at radius 3 is 2.33 bits per heavy atom. The summed E-state index contributed by atoms with van der Waals surface area (Å²) in [7, 11) is 2.91. The van der Waals surface area contributed by atoms with Gasteiger partial charge in [-0.1, -0.05) is 24.2 Å². The molecule has 3 heteroatoms. The van der Waals surface area contributed by atoms with E-state index in [0.29, 0.717) is 5.92 Å². The van der Waals surface area contributed by atoms with E-state index >= 15 is 0 Å². The molecule has 9 heavy (non-hydrogen) atoms. The minimum absolute atomic E-state index is 0.184. The van der Waals surface area contributed by atoms with Crippen molar-refractivity contribution in [2.45, 2.75) is 19.8 Å². The minimum Gasteiger partial charge on any atom is -0.277 e. The van der Waals surface area contributed by atoms with E-state index in [4.69, 9.17) is 0 Å². The van der Waals surface area contributed by atoms with Crippen LogP contribution in [0, 0.1) is 0 Å². The molecular weight excluding hydrogens is 152 g/mol. The van der Waals surface area contributed by atoms with E-state index in [-0.39, 0.29) is 4.74 Å². The Morgan fingerprint density at radius 1 is 1.44 bits per heavy atom. The second-order valence-electron chi connectivity index (χ2n) is 2.19. The molecule has 0 fully saturated rings. The fraction of sp³-hybridized carbons (Fsp3) is 0.500. The lowest BCUT2D eigenvalue weighted by Gasteiger charge is -1.94. The van der Waals surface area contributed by atoms with Gasteiger partial charge in [-0.15, -0.1) is 0 Å². The van der Waals surface area contributed by atoms with Crippen molar-refractivity contribution in [1.29, 1.82) is 0 Å². The molecule has 1 aromatic heterocycles. The molecule has 0 radical (unpaired) electrons. The third-order valence-electron chi connectivity index (χ3n) is 1.05. The molecule has 0 aliphatic carbocycles. The average Bonchev–Trinajstić information content (AvgIpc) is 2.14. The summed E-state index contributed by atoms with van der Waals surface area (Å²) in [6.45, 7) is 4.19. The van der Waals surface area contributed by atoms with Crippen molar-refractivity contribution in [3.63, 3.8) is 0 Å². The predicted octanol–water partition coefficient (Wildman–Crippen LogP) is 2.29. The standard InChI is InChI=1S/C6H8OS2/c1-4(2)5-3-6(7)9-8-5/h3-4H,1-2H3.